The standard InChI is InChI=1S/C14H17N3O3S/c1-3-20-14-10(6-9(2)7-12(14)17(18)19)11-8-21-13(16-11)4-5-15/h6-8H,3-5,15H2,1-2H3. The lowest BCUT2D eigenvalue weighted by Gasteiger charge is -2.10. The lowest BCUT2D eigenvalue weighted by atomic mass is 10.1. The molecule has 1 aromatic carbocycles. The molecule has 7 heteroatoms. The average Bonchev–Trinajstić information content (AvgIpc) is 2.89. The Morgan fingerprint density at radius 2 is 2.24 bits per heavy atom. The summed E-state index contributed by atoms with van der Waals surface area (Å²) in [5.74, 6) is 0.276. The molecule has 0 spiro atoms. The van der Waals surface area contributed by atoms with Crippen LogP contribution in [0.4, 0.5) is 5.69 Å². The van der Waals surface area contributed by atoms with E-state index in [1.54, 1.807) is 6.92 Å². The van der Waals surface area contributed by atoms with Gasteiger partial charge < -0.3 is 10.5 Å². The highest BCUT2D eigenvalue weighted by Gasteiger charge is 2.22. The predicted molar refractivity (Wildman–Crippen MR) is 82.9 cm³/mol. The van der Waals surface area contributed by atoms with Gasteiger partial charge in [0.25, 0.3) is 0 Å². The lowest BCUT2D eigenvalue weighted by molar-refractivity contribution is -0.385. The number of rotatable bonds is 6. The van der Waals surface area contributed by atoms with E-state index in [1.807, 2.05) is 18.4 Å². The van der Waals surface area contributed by atoms with Gasteiger partial charge in [-0.05, 0) is 32.0 Å². The smallest absolute Gasteiger partial charge is 0.311 e. The highest BCUT2D eigenvalue weighted by Crippen LogP contribution is 2.39. The van der Waals surface area contributed by atoms with E-state index >= 15 is 0 Å². The second-order valence-corrected chi connectivity index (χ2v) is 5.46. The third kappa shape index (κ3) is 3.37. The van der Waals surface area contributed by atoms with E-state index in [4.69, 9.17) is 10.5 Å². The molecule has 0 bridgehead atoms. The number of nitrogens with zero attached hydrogens (tertiary/aromatic N) is 2. The van der Waals surface area contributed by atoms with Crippen molar-refractivity contribution in [3.63, 3.8) is 0 Å². The number of hydrogen-bond donors (Lipinski definition) is 1. The maximum atomic E-state index is 11.2. The van der Waals surface area contributed by atoms with Crippen molar-refractivity contribution in [3.05, 3.63) is 38.2 Å². The monoisotopic (exact) mass is 307 g/mol. The van der Waals surface area contributed by atoms with Gasteiger partial charge in [-0.15, -0.1) is 11.3 Å². The number of aryl methyl sites for hydroxylation is 1. The summed E-state index contributed by atoms with van der Waals surface area (Å²) < 4.78 is 5.51. The van der Waals surface area contributed by atoms with Gasteiger partial charge in [-0.1, -0.05) is 0 Å². The topological polar surface area (TPSA) is 91.3 Å². The van der Waals surface area contributed by atoms with Crippen molar-refractivity contribution in [1.29, 1.82) is 0 Å². The van der Waals surface area contributed by atoms with E-state index in [1.165, 1.54) is 17.4 Å². The molecule has 6 nitrogen and oxygen atoms in total. The molecule has 0 saturated heterocycles. The Morgan fingerprint density at radius 3 is 2.86 bits per heavy atom. The summed E-state index contributed by atoms with van der Waals surface area (Å²) in [4.78, 5) is 15.3. The van der Waals surface area contributed by atoms with Crippen LogP contribution in [-0.4, -0.2) is 23.1 Å². The van der Waals surface area contributed by atoms with Gasteiger partial charge in [0.1, 0.15) is 0 Å². The molecule has 0 unspecified atom stereocenters. The summed E-state index contributed by atoms with van der Waals surface area (Å²) in [7, 11) is 0. The van der Waals surface area contributed by atoms with E-state index in [9.17, 15) is 10.1 Å². The van der Waals surface area contributed by atoms with Crippen molar-refractivity contribution in [2.45, 2.75) is 20.3 Å². The fourth-order valence-corrected chi connectivity index (χ4v) is 2.86. The molecule has 0 aliphatic carbocycles. The van der Waals surface area contributed by atoms with Crippen molar-refractivity contribution in [3.8, 4) is 17.0 Å². The van der Waals surface area contributed by atoms with E-state index in [2.05, 4.69) is 4.98 Å². The fraction of sp³-hybridized carbons (Fsp3) is 0.357. The van der Waals surface area contributed by atoms with Gasteiger partial charge in [-0.2, -0.15) is 0 Å². The molecule has 1 aromatic heterocycles. The average molecular weight is 307 g/mol. The van der Waals surface area contributed by atoms with Gasteiger partial charge in [0.2, 0.25) is 5.75 Å². The number of nitrogens with two attached hydrogens (primary N) is 1. The van der Waals surface area contributed by atoms with Crippen molar-refractivity contribution >= 4 is 17.0 Å². The quantitative estimate of drug-likeness (QED) is 0.654. The van der Waals surface area contributed by atoms with Crippen molar-refractivity contribution in [2.75, 3.05) is 13.2 Å². The van der Waals surface area contributed by atoms with Crippen LogP contribution < -0.4 is 10.5 Å². The van der Waals surface area contributed by atoms with Gasteiger partial charge in [0, 0.05) is 17.9 Å². The van der Waals surface area contributed by atoms with Gasteiger partial charge in [-0.3, -0.25) is 10.1 Å². The molecule has 0 aliphatic heterocycles. The maximum absolute atomic E-state index is 11.2. The molecule has 0 amide bonds. The molecule has 0 saturated carbocycles. The number of nitro benzene ring substituents is 1. The minimum absolute atomic E-state index is 0.0276. The van der Waals surface area contributed by atoms with Gasteiger partial charge in [-0.25, -0.2) is 4.98 Å². The zero-order valence-electron chi connectivity index (χ0n) is 12.0. The van der Waals surface area contributed by atoms with Crippen LogP contribution >= 0.6 is 11.3 Å². The minimum atomic E-state index is -0.422. The zero-order valence-corrected chi connectivity index (χ0v) is 12.8. The van der Waals surface area contributed by atoms with E-state index in [-0.39, 0.29) is 11.4 Å². The van der Waals surface area contributed by atoms with Gasteiger partial charge in [0.15, 0.2) is 0 Å². The Balaban J connectivity index is 2.56. The Labute approximate surface area is 126 Å². The molecule has 21 heavy (non-hydrogen) atoms. The van der Waals surface area contributed by atoms with Crippen LogP contribution in [-0.2, 0) is 6.42 Å². The van der Waals surface area contributed by atoms with Crippen LogP contribution in [0.25, 0.3) is 11.3 Å². The van der Waals surface area contributed by atoms with Crippen LogP contribution in [0.2, 0.25) is 0 Å². The van der Waals surface area contributed by atoms with Crippen LogP contribution in [0.3, 0.4) is 0 Å². The number of thiazole rings is 1. The van der Waals surface area contributed by atoms with Crippen molar-refractivity contribution < 1.29 is 9.66 Å². The van der Waals surface area contributed by atoms with Gasteiger partial charge in [0.05, 0.1) is 27.8 Å². The minimum Gasteiger partial charge on any atom is -0.487 e. The number of ether oxygens (including phenoxy) is 1. The maximum Gasteiger partial charge on any atom is 0.311 e. The molecule has 0 atom stereocenters. The van der Waals surface area contributed by atoms with Crippen LogP contribution in [0.1, 0.15) is 17.5 Å². The molecule has 2 aromatic rings. The fourth-order valence-electron chi connectivity index (χ4n) is 2.05. The normalized spacial score (nSPS) is 10.6. The predicted octanol–water partition coefficient (Wildman–Crippen LogP) is 2.93. The molecule has 2 rings (SSSR count). The molecule has 1 heterocycles. The Kier molecular flexibility index (Phi) is 4.87. The highest BCUT2D eigenvalue weighted by molar-refractivity contribution is 7.09. The Bertz CT molecular complexity index is 655. The molecule has 0 aliphatic rings. The van der Waals surface area contributed by atoms with Crippen LogP contribution in [0.15, 0.2) is 17.5 Å². The molecule has 112 valence electrons. The van der Waals surface area contributed by atoms with Gasteiger partial charge >= 0.3 is 5.69 Å². The summed E-state index contributed by atoms with van der Waals surface area (Å²) >= 11 is 1.50. The second kappa shape index (κ2) is 6.64. The summed E-state index contributed by atoms with van der Waals surface area (Å²) in [6.07, 6.45) is 0.697. The first kappa shape index (κ1) is 15.4. The summed E-state index contributed by atoms with van der Waals surface area (Å²) in [5, 5.41) is 14.0. The third-order valence-electron chi connectivity index (χ3n) is 2.88. The molecule has 0 radical (unpaired) electrons. The lowest BCUT2D eigenvalue weighted by Crippen LogP contribution is -2.02. The van der Waals surface area contributed by atoms with E-state index in [0.717, 1.165) is 10.6 Å². The van der Waals surface area contributed by atoms with Crippen molar-refractivity contribution in [1.82, 2.24) is 4.98 Å². The number of nitro groups is 1. The number of benzene rings is 1. The first-order valence-electron chi connectivity index (χ1n) is 6.63. The Morgan fingerprint density at radius 1 is 1.48 bits per heavy atom. The SMILES string of the molecule is CCOc1c(-c2csc(CCN)n2)cc(C)cc1[N+](=O)[O-]. The molecule has 2 N–H and O–H groups in total. The summed E-state index contributed by atoms with van der Waals surface area (Å²) in [5.41, 5.74) is 7.65. The third-order valence-corrected chi connectivity index (χ3v) is 3.79. The molecule has 0 fully saturated rings. The van der Waals surface area contributed by atoms with Crippen molar-refractivity contribution in [2.24, 2.45) is 5.73 Å². The number of aromatic nitrogens is 1. The first-order valence-corrected chi connectivity index (χ1v) is 7.51. The highest BCUT2D eigenvalue weighted by atomic mass is 32.1. The van der Waals surface area contributed by atoms with E-state index < -0.39 is 4.92 Å². The molecular weight excluding hydrogens is 290 g/mol. The summed E-state index contributed by atoms with van der Waals surface area (Å²) in [6, 6.07) is 3.38. The zero-order chi connectivity index (χ0) is 15.4. The van der Waals surface area contributed by atoms with E-state index in [0.29, 0.717) is 30.8 Å². The first-order chi connectivity index (χ1) is 10.1. The number of hydrogen-bond acceptors (Lipinski definition) is 6. The molecular formula is C14H17N3O3S. The Hall–Kier alpha value is -1.99. The van der Waals surface area contributed by atoms with Crippen LogP contribution in [0, 0.1) is 17.0 Å². The largest absolute Gasteiger partial charge is 0.487 e. The van der Waals surface area contributed by atoms with Crippen LogP contribution in [0.5, 0.6) is 5.75 Å². The summed E-state index contributed by atoms with van der Waals surface area (Å²) in [6.45, 7) is 4.50. The second-order valence-electron chi connectivity index (χ2n) is 4.52.